The highest BCUT2D eigenvalue weighted by Crippen LogP contribution is 2.15. The summed E-state index contributed by atoms with van der Waals surface area (Å²) in [6.07, 6.45) is 1.67. The molecule has 0 aliphatic carbocycles. The van der Waals surface area contributed by atoms with Crippen LogP contribution in [0, 0.1) is 6.92 Å². The minimum atomic E-state index is -0.306. The highest BCUT2D eigenvalue weighted by molar-refractivity contribution is 5.81. The number of nitrogens with one attached hydrogen (secondary N) is 1. The maximum atomic E-state index is 12.4. The van der Waals surface area contributed by atoms with Gasteiger partial charge in [-0.1, -0.05) is 12.1 Å². The van der Waals surface area contributed by atoms with Gasteiger partial charge in [-0.05, 0) is 31.9 Å². The molecule has 3 N–H and O–H groups in total. The molecule has 1 fully saturated rings. The first kappa shape index (κ1) is 16.4. The fourth-order valence-electron chi connectivity index (χ4n) is 3.27. The number of carbonyl (C=O) groups excluding carboxylic acids is 2. The lowest BCUT2D eigenvalue weighted by molar-refractivity contribution is -0.123. The van der Waals surface area contributed by atoms with Crippen LogP contribution in [0.3, 0.4) is 0 Å². The van der Waals surface area contributed by atoms with Crippen LogP contribution in [-0.4, -0.2) is 51.9 Å². The predicted molar refractivity (Wildman–Crippen MR) is 91.3 cm³/mol. The molecule has 0 bridgehead atoms. The molecule has 7 nitrogen and oxygen atoms in total. The summed E-state index contributed by atoms with van der Waals surface area (Å²) < 4.78 is 1.94. The molecule has 2 amide bonds. The molecular weight excluding hydrogens is 306 g/mol. The molecule has 1 aliphatic rings. The number of primary amides is 1. The second kappa shape index (κ2) is 7.00. The highest BCUT2D eigenvalue weighted by Gasteiger charge is 2.22. The number of hydrogen-bond donors (Lipinski definition) is 2. The van der Waals surface area contributed by atoms with Gasteiger partial charge in [0.15, 0.2) is 0 Å². The largest absolute Gasteiger partial charge is 0.369 e. The summed E-state index contributed by atoms with van der Waals surface area (Å²) in [6.45, 7) is 4.03. The molecule has 1 aromatic heterocycles. The maximum Gasteiger partial charge on any atom is 0.240 e. The molecule has 7 heteroatoms. The van der Waals surface area contributed by atoms with Crippen molar-refractivity contribution < 1.29 is 9.59 Å². The lowest BCUT2D eigenvalue weighted by atomic mass is 10.1. The fraction of sp³-hybridized carbons (Fsp3) is 0.471. The Kier molecular flexibility index (Phi) is 4.80. The number of para-hydroxylation sites is 2. The summed E-state index contributed by atoms with van der Waals surface area (Å²) in [7, 11) is 0. The first-order valence-electron chi connectivity index (χ1n) is 8.25. The Balaban J connectivity index is 1.56. The van der Waals surface area contributed by atoms with Gasteiger partial charge in [0.2, 0.25) is 11.8 Å². The monoisotopic (exact) mass is 329 g/mol. The van der Waals surface area contributed by atoms with Gasteiger partial charge in [0.25, 0.3) is 0 Å². The van der Waals surface area contributed by atoms with Crippen molar-refractivity contribution in [1.29, 1.82) is 0 Å². The Morgan fingerprint density at radius 2 is 1.96 bits per heavy atom. The second-order valence-corrected chi connectivity index (χ2v) is 6.32. The van der Waals surface area contributed by atoms with Gasteiger partial charge in [0.1, 0.15) is 12.4 Å². The quantitative estimate of drug-likeness (QED) is 0.831. The average Bonchev–Trinajstić information content (AvgIpc) is 2.85. The van der Waals surface area contributed by atoms with Crippen molar-refractivity contribution in [3.05, 3.63) is 30.1 Å². The van der Waals surface area contributed by atoms with Gasteiger partial charge in [-0.2, -0.15) is 0 Å². The van der Waals surface area contributed by atoms with Crippen LogP contribution in [0.1, 0.15) is 18.7 Å². The number of fused-ring (bicyclic) bond motifs is 1. The number of aryl methyl sites for hydroxylation is 1. The van der Waals surface area contributed by atoms with E-state index >= 15 is 0 Å². The van der Waals surface area contributed by atoms with Crippen LogP contribution >= 0.6 is 0 Å². The van der Waals surface area contributed by atoms with Crippen molar-refractivity contribution >= 4 is 22.8 Å². The molecule has 0 saturated carbocycles. The number of rotatable bonds is 5. The summed E-state index contributed by atoms with van der Waals surface area (Å²) in [5, 5.41) is 3.09. The minimum absolute atomic E-state index is 0.00500. The standard InChI is InChI=1S/C17H23N5O2/c1-12-19-14-4-2-3-5-15(14)22(12)11-17(24)20-13-6-8-21(9-7-13)10-16(18)23/h2-5,13H,6-11H2,1H3,(H2,18,23)(H,20,24). The van der Waals surface area contributed by atoms with Crippen LogP contribution in [0.4, 0.5) is 0 Å². The van der Waals surface area contributed by atoms with E-state index in [4.69, 9.17) is 5.73 Å². The lowest BCUT2D eigenvalue weighted by Gasteiger charge is -2.31. The van der Waals surface area contributed by atoms with E-state index in [0.717, 1.165) is 42.8 Å². The summed E-state index contributed by atoms with van der Waals surface area (Å²) in [6, 6.07) is 7.97. The Hall–Kier alpha value is -2.41. The Labute approximate surface area is 140 Å². The zero-order chi connectivity index (χ0) is 17.1. The molecule has 2 aromatic rings. The average molecular weight is 329 g/mol. The van der Waals surface area contributed by atoms with Gasteiger partial charge in [-0.3, -0.25) is 14.5 Å². The highest BCUT2D eigenvalue weighted by atomic mass is 16.2. The van der Waals surface area contributed by atoms with E-state index < -0.39 is 0 Å². The van der Waals surface area contributed by atoms with Crippen LogP contribution < -0.4 is 11.1 Å². The molecule has 128 valence electrons. The van der Waals surface area contributed by atoms with Crippen molar-refractivity contribution in [1.82, 2.24) is 19.8 Å². The molecule has 2 heterocycles. The third-order valence-electron chi connectivity index (χ3n) is 4.48. The molecule has 0 unspecified atom stereocenters. The molecule has 3 rings (SSSR count). The smallest absolute Gasteiger partial charge is 0.240 e. The van der Waals surface area contributed by atoms with Crippen LogP contribution in [0.5, 0.6) is 0 Å². The lowest BCUT2D eigenvalue weighted by Crippen LogP contribution is -2.47. The normalized spacial score (nSPS) is 16.4. The summed E-state index contributed by atoms with van der Waals surface area (Å²) in [4.78, 5) is 29.8. The van der Waals surface area contributed by atoms with Crippen LogP contribution in [0.25, 0.3) is 11.0 Å². The van der Waals surface area contributed by atoms with Crippen molar-refractivity contribution in [3.8, 4) is 0 Å². The molecule has 0 atom stereocenters. The van der Waals surface area contributed by atoms with Crippen molar-refractivity contribution in [2.24, 2.45) is 5.73 Å². The van der Waals surface area contributed by atoms with Gasteiger partial charge in [-0.25, -0.2) is 4.98 Å². The van der Waals surface area contributed by atoms with Gasteiger partial charge < -0.3 is 15.6 Å². The minimum Gasteiger partial charge on any atom is -0.369 e. The number of aromatic nitrogens is 2. The van der Waals surface area contributed by atoms with Gasteiger partial charge >= 0.3 is 0 Å². The zero-order valence-corrected chi connectivity index (χ0v) is 13.9. The van der Waals surface area contributed by atoms with Crippen molar-refractivity contribution in [3.63, 3.8) is 0 Å². The van der Waals surface area contributed by atoms with Gasteiger partial charge in [0.05, 0.1) is 17.6 Å². The number of piperidine rings is 1. The second-order valence-electron chi connectivity index (χ2n) is 6.32. The van der Waals surface area contributed by atoms with E-state index in [1.165, 1.54) is 0 Å². The number of nitrogens with zero attached hydrogens (tertiary/aromatic N) is 3. The number of nitrogens with two attached hydrogens (primary N) is 1. The zero-order valence-electron chi connectivity index (χ0n) is 13.9. The van der Waals surface area contributed by atoms with Crippen molar-refractivity contribution in [2.45, 2.75) is 32.4 Å². The first-order chi connectivity index (χ1) is 11.5. The van der Waals surface area contributed by atoms with E-state index in [9.17, 15) is 9.59 Å². The molecule has 1 aliphatic heterocycles. The molecular formula is C17H23N5O2. The molecule has 0 spiro atoms. The summed E-state index contributed by atoms with van der Waals surface area (Å²) in [5.74, 6) is 0.525. The van der Waals surface area contributed by atoms with Crippen molar-refractivity contribution in [2.75, 3.05) is 19.6 Å². The van der Waals surface area contributed by atoms with E-state index in [1.807, 2.05) is 40.7 Å². The number of likely N-dealkylation sites (tertiary alicyclic amines) is 1. The molecule has 1 saturated heterocycles. The topological polar surface area (TPSA) is 93.2 Å². The summed E-state index contributed by atoms with van der Waals surface area (Å²) >= 11 is 0. The molecule has 24 heavy (non-hydrogen) atoms. The molecule has 1 aromatic carbocycles. The third-order valence-corrected chi connectivity index (χ3v) is 4.48. The van der Waals surface area contributed by atoms with E-state index in [0.29, 0.717) is 6.54 Å². The Morgan fingerprint density at radius 3 is 2.67 bits per heavy atom. The molecule has 0 radical (unpaired) electrons. The maximum absolute atomic E-state index is 12.4. The van der Waals surface area contributed by atoms with Crippen LogP contribution in [-0.2, 0) is 16.1 Å². The van der Waals surface area contributed by atoms with Crippen LogP contribution in [0.15, 0.2) is 24.3 Å². The number of amides is 2. The number of benzene rings is 1. The number of hydrogen-bond acceptors (Lipinski definition) is 4. The van der Waals surface area contributed by atoms with E-state index in [1.54, 1.807) is 0 Å². The van der Waals surface area contributed by atoms with E-state index in [2.05, 4.69) is 10.3 Å². The van der Waals surface area contributed by atoms with Gasteiger partial charge in [0, 0.05) is 19.1 Å². The van der Waals surface area contributed by atoms with E-state index in [-0.39, 0.29) is 24.4 Å². The Bertz CT molecular complexity index is 747. The third kappa shape index (κ3) is 3.73. The Morgan fingerprint density at radius 1 is 1.25 bits per heavy atom. The number of carbonyl (C=O) groups is 2. The first-order valence-corrected chi connectivity index (χ1v) is 8.25. The fourth-order valence-corrected chi connectivity index (χ4v) is 3.27. The van der Waals surface area contributed by atoms with Crippen LogP contribution in [0.2, 0.25) is 0 Å². The SMILES string of the molecule is Cc1nc2ccccc2n1CC(=O)NC1CCN(CC(N)=O)CC1. The summed E-state index contributed by atoms with van der Waals surface area (Å²) in [5.41, 5.74) is 7.09. The predicted octanol–water partition coefficient (Wildman–Crippen LogP) is 0.411. The number of imidazole rings is 1. The van der Waals surface area contributed by atoms with Gasteiger partial charge in [-0.15, -0.1) is 0 Å².